The average Bonchev–Trinajstić information content (AvgIpc) is 2.76. The maximum absolute atomic E-state index is 6.09. The molecule has 92 valence electrons. The average molecular weight is 251 g/mol. The van der Waals surface area contributed by atoms with Gasteiger partial charge >= 0.3 is 0 Å². The molecule has 1 aliphatic heterocycles. The van der Waals surface area contributed by atoms with E-state index in [1.165, 1.54) is 32.1 Å². The largest absolute Gasteiger partial charge is 0.397 e. The van der Waals surface area contributed by atoms with Gasteiger partial charge in [-0.25, -0.2) is 0 Å². The Kier molecular flexibility index (Phi) is 2.91. The van der Waals surface area contributed by atoms with Crippen LogP contribution in [0.15, 0.2) is 18.2 Å². The molecule has 2 N–H and O–H groups in total. The minimum atomic E-state index is 0.699. The van der Waals surface area contributed by atoms with Gasteiger partial charge in [-0.2, -0.15) is 0 Å². The van der Waals surface area contributed by atoms with Gasteiger partial charge in [0.1, 0.15) is 0 Å². The van der Waals surface area contributed by atoms with Crippen molar-refractivity contribution in [2.45, 2.75) is 38.1 Å². The zero-order chi connectivity index (χ0) is 11.8. The van der Waals surface area contributed by atoms with Gasteiger partial charge in [0.25, 0.3) is 0 Å². The number of benzene rings is 1. The molecule has 1 heterocycles. The number of halogens is 1. The molecule has 1 saturated heterocycles. The molecule has 1 aromatic rings. The molecule has 1 aromatic carbocycles. The molecule has 17 heavy (non-hydrogen) atoms. The van der Waals surface area contributed by atoms with E-state index < -0.39 is 0 Å². The van der Waals surface area contributed by atoms with Crippen LogP contribution in [0.2, 0.25) is 5.02 Å². The molecule has 2 nitrogen and oxygen atoms in total. The summed E-state index contributed by atoms with van der Waals surface area (Å²) in [5.74, 6) is 0.877. The second-order valence-corrected chi connectivity index (χ2v) is 5.73. The van der Waals surface area contributed by atoms with Gasteiger partial charge in [-0.3, -0.25) is 0 Å². The lowest BCUT2D eigenvalue weighted by Gasteiger charge is -2.33. The van der Waals surface area contributed by atoms with Crippen LogP contribution in [0.1, 0.15) is 32.1 Å². The fourth-order valence-electron chi connectivity index (χ4n) is 3.47. The summed E-state index contributed by atoms with van der Waals surface area (Å²) in [6, 6.07) is 6.51. The summed E-state index contributed by atoms with van der Waals surface area (Å²) in [5.41, 5.74) is 8.10. The van der Waals surface area contributed by atoms with Gasteiger partial charge < -0.3 is 10.6 Å². The highest BCUT2D eigenvalue weighted by Crippen LogP contribution is 2.41. The Bertz CT molecular complexity index is 419. The molecule has 1 aliphatic carbocycles. The van der Waals surface area contributed by atoms with Crippen LogP contribution in [-0.2, 0) is 0 Å². The first kappa shape index (κ1) is 11.2. The van der Waals surface area contributed by atoms with Crippen molar-refractivity contribution in [1.29, 1.82) is 0 Å². The lowest BCUT2D eigenvalue weighted by Crippen LogP contribution is -2.35. The van der Waals surface area contributed by atoms with Crippen LogP contribution in [0.4, 0.5) is 11.4 Å². The Morgan fingerprint density at radius 3 is 2.88 bits per heavy atom. The van der Waals surface area contributed by atoms with Crippen LogP contribution in [0.25, 0.3) is 0 Å². The molecule has 0 radical (unpaired) electrons. The lowest BCUT2D eigenvalue weighted by atomic mass is 9.85. The van der Waals surface area contributed by atoms with Gasteiger partial charge in [-0.15, -0.1) is 0 Å². The van der Waals surface area contributed by atoms with Crippen molar-refractivity contribution < 1.29 is 0 Å². The Morgan fingerprint density at radius 2 is 2.00 bits per heavy atom. The standard InChI is InChI=1S/C14H19ClN2/c15-11-5-6-12(16)14(9-11)17-8-7-10-3-1-2-4-13(10)17/h5-6,9-10,13H,1-4,7-8,16H2. The summed E-state index contributed by atoms with van der Waals surface area (Å²) < 4.78 is 0. The summed E-state index contributed by atoms with van der Waals surface area (Å²) in [4.78, 5) is 2.49. The minimum Gasteiger partial charge on any atom is -0.397 e. The van der Waals surface area contributed by atoms with Gasteiger partial charge in [-0.05, 0) is 43.4 Å². The smallest absolute Gasteiger partial charge is 0.0617 e. The molecule has 0 bridgehead atoms. The van der Waals surface area contributed by atoms with Gasteiger partial charge in [0.15, 0.2) is 0 Å². The van der Waals surface area contributed by atoms with Crippen LogP contribution < -0.4 is 10.6 Å². The summed E-state index contributed by atoms with van der Waals surface area (Å²) in [6.45, 7) is 1.14. The Morgan fingerprint density at radius 1 is 1.18 bits per heavy atom. The van der Waals surface area contributed by atoms with Crippen molar-refractivity contribution >= 4 is 23.0 Å². The molecule has 0 amide bonds. The quantitative estimate of drug-likeness (QED) is 0.771. The third kappa shape index (κ3) is 1.99. The first-order valence-corrected chi connectivity index (χ1v) is 6.95. The van der Waals surface area contributed by atoms with Crippen molar-refractivity contribution in [1.82, 2.24) is 0 Å². The van der Waals surface area contributed by atoms with E-state index in [4.69, 9.17) is 17.3 Å². The van der Waals surface area contributed by atoms with Crippen molar-refractivity contribution in [2.75, 3.05) is 17.2 Å². The van der Waals surface area contributed by atoms with Crippen molar-refractivity contribution in [3.8, 4) is 0 Å². The highest BCUT2D eigenvalue weighted by molar-refractivity contribution is 6.31. The molecule has 2 atom stereocenters. The fraction of sp³-hybridized carbons (Fsp3) is 0.571. The zero-order valence-corrected chi connectivity index (χ0v) is 10.8. The highest BCUT2D eigenvalue weighted by atomic mass is 35.5. The summed E-state index contributed by atoms with van der Waals surface area (Å²) in [5, 5.41) is 0.786. The van der Waals surface area contributed by atoms with Crippen molar-refractivity contribution in [2.24, 2.45) is 5.92 Å². The normalized spacial score (nSPS) is 28.2. The van der Waals surface area contributed by atoms with E-state index in [1.54, 1.807) is 0 Å². The monoisotopic (exact) mass is 250 g/mol. The second kappa shape index (κ2) is 4.41. The third-order valence-corrected chi connectivity index (χ3v) is 4.55. The van der Waals surface area contributed by atoms with E-state index in [9.17, 15) is 0 Å². The number of rotatable bonds is 1. The Labute approximate surface area is 108 Å². The number of fused-ring (bicyclic) bond motifs is 1. The first-order valence-electron chi connectivity index (χ1n) is 6.57. The highest BCUT2D eigenvalue weighted by Gasteiger charge is 2.36. The number of nitrogens with two attached hydrogens (primary N) is 1. The second-order valence-electron chi connectivity index (χ2n) is 5.30. The van der Waals surface area contributed by atoms with E-state index in [1.807, 2.05) is 18.2 Å². The van der Waals surface area contributed by atoms with E-state index in [0.717, 1.165) is 28.9 Å². The molecule has 3 rings (SSSR count). The predicted molar refractivity (Wildman–Crippen MR) is 73.6 cm³/mol. The molecule has 2 aliphatic rings. The van der Waals surface area contributed by atoms with E-state index in [-0.39, 0.29) is 0 Å². The summed E-state index contributed by atoms with van der Waals surface area (Å²) in [6.07, 6.45) is 6.78. The molecular formula is C14H19ClN2. The number of anilines is 2. The minimum absolute atomic E-state index is 0.699. The molecule has 3 heteroatoms. The Hall–Kier alpha value is -0.890. The molecular weight excluding hydrogens is 232 g/mol. The van der Waals surface area contributed by atoms with E-state index in [2.05, 4.69) is 4.90 Å². The van der Waals surface area contributed by atoms with Gasteiger partial charge in [0, 0.05) is 17.6 Å². The third-order valence-electron chi connectivity index (χ3n) is 4.31. The van der Waals surface area contributed by atoms with Gasteiger partial charge in [0.05, 0.1) is 11.4 Å². The van der Waals surface area contributed by atoms with Crippen LogP contribution in [0.5, 0.6) is 0 Å². The SMILES string of the molecule is Nc1ccc(Cl)cc1N1CCC2CCCCC21. The van der Waals surface area contributed by atoms with E-state index >= 15 is 0 Å². The Balaban J connectivity index is 1.91. The van der Waals surface area contributed by atoms with Crippen LogP contribution in [-0.4, -0.2) is 12.6 Å². The van der Waals surface area contributed by atoms with Crippen LogP contribution in [0, 0.1) is 5.92 Å². The van der Waals surface area contributed by atoms with Gasteiger partial charge in [0.2, 0.25) is 0 Å². The van der Waals surface area contributed by atoms with Crippen molar-refractivity contribution in [3.63, 3.8) is 0 Å². The number of nitrogen functional groups attached to an aromatic ring is 1. The molecule has 0 spiro atoms. The maximum atomic E-state index is 6.09. The number of nitrogens with zero attached hydrogens (tertiary/aromatic N) is 1. The molecule has 2 unspecified atom stereocenters. The number of hydrogen-bond donors (Lipinski definition) is 1. The summed E-state index contributed by atoms with van der Waals surface area (Å²) >= 11 is 6.09. The lowest BCUT2D eigenvalue weighted by molar-refractivity contribution is 0.342. The van der Waals surface area contributed by atoms with E-state index in [0.29, 0.717) is 6.04 Å². The fourth-order valence-corrected chi connectivity index (χ4v) is 3.64. The molecule has 0 aromatic heterocycles. The predicted octanol–water partition coefficient (Wildman–Crippen LogP) is 3.69. The first-order chi connectivity index (χ1) is 8.25. The van der Waals surface area contributed by atoms with Crippen LogP contribution >= 0.6 is 11.6 Å². The van der Waals surface area contributed by atoms with Gasteiger partial charge in [-0.1, -0.05) is 24.4 Å². The number of hydrogen-bond acceptors (Lipinski definition) is 2. The molecule has 1 saturated carbocycles. The maximum Gasteiger partial charge on any atom is 0.0617 e. The van der Waals surface area contributed by atoms with Crippen molar-refractivity contribution in [3.05, 3.63) is 23.2 Å². The van der Waals surface area contributed by atoms with Crippen LogP contribution in [0.3, 0.4) is 0 Å². The molecule has 2 fully saturated rings. The summed E-state index contributed by atoms with van der Waals surface area (Å²) in [7, 11) is 0. The zero-order valence-electron chi connectivity index (χ0n) is 10.0. The topological polar surface area (TPSA) is 29.3 Å².